The van der Waals surface area contributed by atoms with Gasteiger partial charge in [0.1, 0.15) is 6.04 Å². The highest BCUT2D eigenvalue weighted by Crippen LogP contribution is 2.33. The Morgan fingerprint density at radius 1 is 1.29 bits per heavy atom. The zero-order valence-corrected chi connectivity index (χ0v) is 12.5. The molecule has 1 aliphatic rings. The van der Waals surface area contributed by atoms with E-state index in [9.17, 15) is 9.90 Å². The maximum Gasteiger partial charge on any atom is 0.325 e. The number of fused-ring (bicyclic) bond motifs is 1. The van der Waals surface area contributed by atoms with Crippen molar-refractivity contribution in [3.05, 3.63) is 36.0 Å². The first-order valence-electron chi connectivity index (χ1n) is 7.59. The number of nitrogens with zero attached hydrogens (tertiary/aromatic N) is 1. The number of piperidine rings is 1. The predicted molar refractivity (Wildman–Crippen MR) is 83.2 cm³/mol. The summed E-state index contributed by atoms with van der Waals surface area (Å²) in [6.07, 6.45) is 3.03. The molecule has 0 bridgehead atoms. The lowest BCUT2D eigenvalue weighted by atomic mass is 9.89. The van der Waals surface area contributed by atoms with Gasteiger partial charge in [-0.2, -0.15) is 0 Å². The molecule has 4 nitrogen and oxygen atoms in total. The Labute approximate surface area is 124 Å². The van der Waals surface area contributed by atoms with E-state index in [1.54, 1.807) is 0 Å². The lowest BCUT2D eigenvalue weighted by Gasteiger charge is -2.38. The molecule has 0 saturated carbocycles. The van der Waals surface area contributed by atoms with E-state index in [1.807, 2.05) is 30.5 Å². The van der Waals surface area contributed by atoms with Crippen molar-refractivity contribution in [1.82, 2.24) is 9.88 Å². The number of benzene rings is 1. The van der Waals surface area contributed by atoms with Crippen molar-refractivity contribution in [3.8, 4) is 0 Å². The Hall–Kier alpha value is -1.81. The van der Waals surface area contributed by atoms with E-state index in [4.69, 9.17) is 0 Å². The molecular weight excluding hydrogens is 264 g/mol. The molecule has 1 aromatic heterocycles. The summed E-state index contributed by atoms with van der Waals surface area (Å²) in [5, 5.41) is 10.8. The Bertz CT molecular complexity index is 639. The molecule has 1 aromatic carbocycles. The SMILES string of the molecule is CC1CC(C)CN(C(C(=O)O)c2c[nH]c3ccccc23)C1. The lowest BCUT2D eigenvalue weighted by Crippen LogP contribution is -2.43. The summed E-state index contributed by atoms with van der Waals surface area (Å²) >= 11 is 0. The summed E-state index contributed by atoms with van der Waals surface area (Å²) in [6, 6.07) is 7.34. The predicted octanol–water partition coefficient (Wildman–Crippen LogP) is 3.27. The van der Waals surface area contributed by atoms with Gasteiger partial charge in [-0.15, -0.1) is 0 Å². The molecule has 0 radical (unpaired) electrons. The van der Waals surface area contributed by atoms with E-state index in [2.05, 4.69) is 23.7 Å². The van der Waals surface area contributed by atoms with Crippen molar-refractivity contribution in [3.63, 3.8) is 0 Å². The summed E-state index contributed by atoms with van der Waals surface area (Å²) in [6.45, 7) is 6.11. The number of aliphatic carboxylic acids is 1. The summed E-state index contributed by atoms with van der Waals surface area (Å²) < 4.78 is 0. The summed E-state index contributed by atoms with van der Waals surface area (Å²) in [4.78, 5) is 17.2. The Morgan fingerprint density at radius 3 is 2.62 bits per heavy atom. The molecule has 3 rings (SSSR count). The molecule has 2 aromatic rings. The quantitative estimate of drug-likeness (QED) is 0.910. The zero-order chi connectivity index (χ0) is 15.0. The summed E-state index contributed by atoms with van der Waals surface area (Å²) in [7, 11) is 0. The van der Waals surface area contributed by atoms with Crippen molar-refractivity contribution in [1.29, 1.82) is 0 Å². The third-order valence-electron chi connectivity index (χ3n) is 4.41. The molecule has 2 N–H and O–H groups in total. The van der Waals surface area contributed by atoms with Crippen LogP contribution in [-0.4, -0.2) is 34.0 Å². The van der Waals surface area contributed by atoms with Gasteiger partial charge in [0.05, 0.1) is 0 Å². The molecule has 3 unspecified atom stereocenters. The van der Waals surface area contributed by atoms with Crippen molar-refractivity contribution < 1.29 is 9.90 Å². The number of nitrogens with one attached hydrogen (secondary N) is 1. The van der Waals surface area contributed by atoms with E-state index in [-0.39, 0.29) is 0 Å². The summed E-state index contributed by atoms with van der Waals surface area (Å²) in [5.41, 5.74) is 1.87. The molecule has 21 heavy (non-hydrogen) atoms. The molecule has 4 heteroatoms. The van der Waals surface area contributed by atoms with Crippen molar-refractivity contribution in [2.45, 2.75) is 26.3 Å². The maximum absolute atomic E-state index is 11.9. The van der Waals surface area contributed by atoms with Crippen molar-refractivity contribution >= 4 is 16.9 Å². The van der Waals surface area contributed by atoms with Crippen LogP contribution >= 0.6 is 0 Å². The number of carbonyl (C=O) groups is 1. The highest BCUT2D eigenvalue weighted by molar-refractivity contribution is 5.89. The highest BCUT2D eigenvalue weighted by atomic mass is 16.4. The monoisotopic (exact) mass is 286 g/mol. The lowest BCUT2D eigenvalue weighted by molar-refractivity contribution is -0.144. The van der Waals surface area contributed by atoms with Gasteiger partial charge in [-0.3, -0.25) is 9.69 Å². The van der Waals surface area contributed by atoms with E-state index < -0.39 is 12.0 Å². The zero-order valence-electron chi connectivity index (χ0n) is 12.5. The van der Waals surface area contributed by atoms with Gasteiger partial charge in [0.15, 0.2) is 0 Å². The Balaban J connectivity index is 2.00. The largest absolute Gasteiger partial charge is 0.480 e. The number of carboxylic acid groups (broad SMARTS) is 1. The fourth-order valence-corrected chi connectivity index (χ4v) is 3.73. The third-order valence-corrected chi connectivity index (χ3v) is 4.41. The molecule has 1 aliphatic heterocycles. The number of aromatic amines is 1. The van der Waals surface area contributed by atoms with Crippen LogP contribution in [0.5, 0.6) is 0 Å². The van der Waals surface area contributed by atoms with Crippen LogP contribution in [0.1, 0.15) is 31.9 Å². The molecule has 0 spiro atoms. The number of H-pyrrole nitrogens is 1. The first-order chi connectivity index (χ1) is 10.1. The number of aromatic nitrogens is 1. The molecule has 112 valence electrons. The molecule has 0 aliphatic carbocycles. The number of carboxylic acids is 1. The minimum absolute atomic E-state index is 0.542. The second-order valence-corrected chi connectivity index (χ2v) is 6.43. The molecule has 3 atom stereocenters. The van der Waals surface area contributed by atoms with Crippen LogP contribution in [0.4, 0.5) is 0 Å². The number of likely N-dealkylation sites (tertiary alicyclic amines) is 1. The molecule has 2 heterocycles. The average Bonchev–Trinajstić information content (AvgIpc) is 2.82. The fourth-order valence-electron chi connectivity index (χ4n) is 3.73. The van der Waals surface area contributed by atoms with Crippen LogP contribution < -0.4 is 0 Å². The standard InChI is InChI=1S/C17H22N2O2/c1-11-7-12(2)10-19(9-11)16(17(20)21)14-8-18-15-6-4-3-5-13(14)15/h3-6,8,11-12,16,18H,7,9-10H2,1-2H3,(H,20,21). The van der Waals surface area contributed by atoms with E-state index >= 15 is 0 Å². The second kappa shape index (κ2) is 5.53. The Morgan fingerprint density at radius 2 is 1.95 bits per heavy atom. The second-order valence-electron chi connectivity index (χ2n) is 6.43. The van der Waals surface area contributed by atoms with Crippen LogP contribution in [0.15, 0.2) is 30.5 Å². The minimum atomic E-state index is -0.763. The van der Waals surface area contributed by atoms with Crippen molar-refractivity contribution in [2.24, 2.45) is 11.8 Å². The molecule has 0 amide bonds. The van der Waals surface area contributed by atoms with E-state index in [0.717, 1.165) is 29.6 Å². The first-order valence-corrected chi connectivity index (χ1v) is 7.59. The number of hydrogen-bond donors (Lipinski definition) is 2. The molecule has 1 fully saturated rings. The van der Waals surface area contributed by atoms with Gasteiger partial charge in [0.2, 0.25) is 0 Å². The number of rotatable bonds is 3. The van der Waals surface area contributed by atoms with Gasteiger partial charge in [0.25, 0.3) is 0 Å². The third kappa shape index (κ3) is 2.68. The number of hydrogen-bond acceptors (Lipinski definition) is 2. The van der Waals surface area contributed by atoms with Gasteiger partial charge in [-0.1, -0.05) is 32.0 Å². The number of para-hydroxylation sites is 1. The normalized spacial score (nSPS) is 25.0. The minimum Gasteiger partial charge on any atom is -0.480 e. The van der Waals surface area contributed by atoms with Gasteiger partial charge < -0.3 is 10.1 Å². The van der Waals surface area contributed by atoms with Gasteiger partial charge in [0, 0.05) is 35.8 Å². The molecule has 1 saturated heterocycles. The fraction of sp³-hybridized carbons (Fsp3) is 0.471. The van der Waals surface area contributed by atoms with Gasteiger partial charge in [-0.05, 0) is 24.3 Å². The Kier molecular flexibility index (Phi) is 3.72. The van der Waals surface area contributed by atoms with Crippen LogP contribution in [0, 0.1) is 11.8 Å². The van der Waals surface area contributed by atoms with Crippen LogP contribution in [0.3, 0.4) is 0 Å². The average molecular weight is 286 g/mol. The van der Waals surface area contributed by atoms with Crippen LogP contribution in [-0.2, 0) is 4.79 Å². The topological polar surface area (TPSA) is 56.3 Å². The van der Waals surface area contributed by atoms with E-state index in [0.29, 0.717) is 11.8 Å². The van der Waals surface area contributed by atoms with Gasteiger partial charge in [-0.25, -0.2) is 0 Å². The van der Waals surface area contributed by atoms with Gasteiger partial charge >= 0.3 is 5.97 Å². The first kappa shape index (κ1) is 14.1. The summed E-state index contributed by atoms with van der Waals surface area (Å²) in [5.74, 6) is 0.322. The van der Waals surface area contributed by atoms with Crippen molar-refractivity contribution in [2.75, 3.05) is 13.1 Å². The van der Waals surface area contributed by atoms with E-state index in [1.165, 1.54) is 6.42 Å². The molecular formula is C17H22N2O2. The smallest absolute Gasteiger partial charge is 0.325 e. The highest BCUT2D eigenvalue weighted by Gasteiger charge is 2.34. The maximum atomic E-state index is 11.9. The van der Waals surface area contributed by atoms with Crippen LogP contribution in [0.2, 0.25) is 0 Å². The van der Waals surface area contributed by atoms with Crippen LogP contribution in [0.25, 0.3) is 10.9 Å².